The van der Waals surface area contributed by atoms with E-state index >= 15 is 0 Å². The summed E-state index contributed by atoms with van der Waals surface area (Å²) < 4.78 is 13.5. The van der Waals surface area contributed by atoms with E-state index in [0.29, 0.717) is 6.04 Å². The second kappa shape index (κ2) is 4.24. The summed E-state index contributed by atoms with van der Waals surface area (Å²) in [6.45, 7) is 3.94. The molecule has 0 spiro atoms. The van der Waals surface area contributed by atoms with Crippen LogP contribution in [-0.4, -0.2) is 22.9 Å². The number of nitrogens with zero attached hydrogens (tertiary/aromatic N) is 1. The van der Waals surface area contributed by atoms with Crippen molar-refractivity contribution in [3.05, 3.63) is 35.6 Å². The first-order chi connectivity index (χ1) is 7.61. The van der Waals surface area contributed by atoms with Gasteiger partial charge in [0.25, 0.3) is 5.91 Å². The molecule has 1 fully saturated rings. The van der Waals surface area contributed by atoms with E-state index in [9.17, 15) is 9.18 Å². The highest BCUT2D eigenvalue weighted by Crippen LogP contribution is 2.30. The van der Waals surface area contributed by atoms with Crippen molar-refractivity contribution in [3.63, 3.8) is 0 Å². The SMILES string of the molecule is CC(C)N(C(=O)c1ccccc1F)C1CC1. The minimum atomic E-state index is -0.432. The molecule has 0 heterocycles. The van der Waals surface area contributed by atoms with Gasteiger partial charge in [-0.2, -0.15) is 0 Å². The highest BCUT2D eigenvalue weighted by molar-refractivity contribution is 5.95. The van der Waals surface area contributed by atoms with Crippen molar-refractivity contribution in [2.24, 2.45) is 0 Å². The third-order valence-corrected chi connectivity index (χ3v) is 2.84. The zero-order valence-corrected chi connectivity index (χ0v) is 9.61. The summed E-state index contributed by atoms with van der Waals surface area (Å²) in [5, 5.41) is 0. The second-order valence-corrected chi connectivity index (χ2v) is 4.52. The topological polar surface area (TPSA) is 20.3 Å². The van der Waals surface area contributed by atoms with Crippen LogP contribution in [-0.2, 0) is 0 Å². The van der Waals surface area contributed by atoms with Gasteiger partial charge in [-0.3, -0.25) is 4.79 Å². The van der Waals surface area contributed by atoms with Crippen molar-refractivity contribution in [1.29, 1.82) is 0 Å². The maximum atomic E-state index is 13.5. The van der Waals surface area contributed by atoms with Crippen molar-refractivity contribution in [2.45, 2.75) is 38.8 Å². The minimum Gasteiger partial charge on any atom is -0.333 e. The van der Waals surface area contributed by atoms with E-state index in [1.165, 1.54) is 6.07 Å². The zero-order valence-electron chi connectivity index (χ0n) is 9.61. The molecule has 1 aliphatic rings. The molecule has 0 bridgehead atoms. The Morgan fingerprint density at radius 1 is 1.38 bits per heavy atom. The van der Waals surface area contributed by atoms with Gasteiger partial charge in [-0.05, 0) is 38.8 Å². The molecule has 1 aromatic rings. The molecule has 2 nitrogen and oxygen atoms in total. The molecule has 0 N–H and O–H groups in total. The third-order valence-electron chi connectivity index (χ3n) is 2.84. The minimum absolute atomic E-state index is 0.125. The quantitative estimate of drug-likeness (QED) is 0.768. The van der Waals surface area contributed by atoms with E-state index in [1.807, 2.05) is 13.8 Å². The van der Waals surface area contributed by atoms with E-state index in [1.54, 1.807) is 23.1 Å². The molecule has 16 heavy (non-hydrogen) atoms. The molecule has 0 saturated heterocycles. The number of hydrogen-bond acceptors (Lipinski definition) is 1. The molecule has 3 heteroatoms. The first-order valence-electron chi connectivity index (χ1n) is 5.68. The van der Waals surface area contributed by atoms with Gasteiger partial charge in [0.05, 0.1) is 5.56 Å². The Kier molecular flexibility index (Phi) is 2.95. The lowest BCUT2D eigenvalue weighted by Gasteiger charge is -2.26. The molecule has 0 atom stereocenters. The van der Waals surface area contributed by atoms with Crippen LogP contribution in [0, 0.1) is 5.82 Å². The molecule has 86 valence electrons. The summed E-state index contributed by atoms with van der Waals surface area (Å²) in [5.41, 5.74) is 0.183. The molecule has 0 unspecified atom stereocenters. The number of halogens is 1. The summed E-state index contributed by atoms with van der Waals surface area (Å²) in [6.07, 6.45) is 2.08. The van der Waals surface area contributed by atoms with Crippen molar-refractivity contribution >= 4 is 5.91 Å². The molecule has 1 saturated carbocycles. The number of amides is 1. The Labute approximate surface area is 95.1 Å². The van der Waals surface area contributed by atoms with E-state index in [2.05, 4.69) is 0 Å². The normalized spacial score (nSPS) is 15.2. The average Bonchev–Trinajstić information content (AvgIpc) is 3.02. The number of hydrogen-bond donors (Lipinski definition) is 0. The van der Waals surface area contributed by atoms with Crippen LogP contribution in [0.4, 0.5) is 4.39 Å². The predicted octanol–water partition coefficient (Wildman–Crippen LogP) is 2.84. The number of rotatable bonds is 3. The summed E-state index contributed by atoms with van der Waals surface area (Å²) in [4.78, 5) is 14.0. The Hall–Kier alpha value is -1.38. The van der Waals surface area contributed by atoms with Crippen LogP contribution in [0.25, 0.3) is 0 Å². The van der Waals surface area contributed by atoms with E-state index in [-0.39, 0.29) is 17.5 Å². The fourth-order valence-corrected chi connectivity index (χ4v) is 1.95. The molecule has 1 amide bonds. The van der Waals surface area contributed by atoms with Gasteiger partial charge >= 0.3 is 0 Å². The van der Waals surface area contributed by atoms with Gasteiger partial charge in [-0.1, -0.05) is 12.1 Å². The highest BCUT2D eigenvalue weighted by Gasteiger charge is 2.35. The van der Waals surface area contributed by atoms with E-state index in [0.717, 1.165) is 12.8 Å². The molecule has 0 aromatic heterocycles. The Morgan fingerprint density at radius 3 is 2.50 bits per heavy atom. The summed E-state index contributed by atoms with van der Waals surface area (Å²) in [7, 11) is 0. The Balaban J connectivity index is 2.26. The lowest BCUT2D eigenvalue weighted by atomic mass is 10.1. The smallest absolute Gasteiger partial charge is 0.257 e. The van der Waals surface area contributed by atoms with E-state index < -0.39 is 5.82 Å². The van der Waals surface area contributed by atoms with Crippen LogP contribution in [0.3, 0.4) is 0 Å². The summed E-state index contributed by atoms with van der Waals surface area (Å²) >= 11 is 0. The lowest BCUT2D eigenvalue weighted by Crippen LogP contribution is -2.39. The van der Waals surface area contributed by atoms with Crippen LogP contribution < -0.4 is 0 Å². The van der Waals surface area contributed by atoms with Crippen LogP contribution in [0.5, 0.6) is 0 Å². The van der Waals surface area contributed by atoms with Crippen LogP contribution in [0.1, 0.15) is 37.0 Å². The van der Waals surface area contributed by atoms with Crippen LogP contribution in [0.15, 0.2) is 24.3 Å². The number of benzene rings is 1. The van der Waals surface area contributed by atoms with Crippen molar-refractivity contribution in [3.8, 4) is 0 Å². The van der Waals surface area contributed by atoms with Gasteiger partial charge in [0.1, 0.15) is 5.82 Å². The summed E-state index contributed by atoms with van der Waals surface area (Å²) in [6, 6.07) is 6.62. The average molecular weight is 221 g/mol. The van der Waals surface area contributed by atoms with E-state index in [4.69, 9.17) is 0 Å². The van der Waals surface area contributed by atoms with Gasteiger partial charge in [0.2, 0.25) is 0 Å². The van der Waals surface area contributed by atoms with Crippen molar-refractivity contribution < 1.29 is 9.18 Å². The standard InChI is InChI=1S/C13H16FNO/c1-9(2)15(10-7-8-10)13(16)11-5-3-4-6-12(11)14/h3-6,9-10H,7-8H2,1-2H3. The first-order valence-corrected chi connectivity index (χ1v) is 5.68. The molecule has 2 rings (SSSR count). The fourth-order valence-electron chi connectivity index (χ4n) is 1.95. The number of carbonyl (C=O) groups excluding carboxylic acids is 1. The monoisotopic (exact) mass is 221 g/mol. The largest absolute Gasteiger partial charge is 0.333 e. The molecule has 1 aromatic carbocycles. The zero-order chi connectivity index (χ0) is 11.7. The van der Waals surface area contributed by atoms with Gasteiger partial charge in [-0.25, -0.2) is 4.39 Å². The highest BCUT2D eigenvalue weighted by atomic mass is 19.1. The lowest BCUT2D eigenvalue weighted by molar-refractivity contribution is 0.0685. The molecule has 0 aliphatic heterocycles. The third kappa shape index (κ3) is 2.08. The van der Waals surface area contributed by atoms with Crippen LogP contribution in [0.2, 0.25) is 0 Å². The van der Waals surface area contributed by atoms with Gasteiger partial charge in [0.15, 0.2) is 0 Å². The second-order valence-electron chi connectivity index (χ2n) is 4.52. The molecule has 1 aliphatic carbocycles. The molecular formula is C13H16FNO. The van der Waals surface area contributed by atoms with Crippen LogP contribution >= 0.6 is 0 Å². The first kappa shape index (κ1) is 11.1. The summed E-state index contributed by atoms with van der Waals surface area (Å²) in [5.74, 6) is -0.616. The predicted molar refractivity (Wildman–Crippen MR) is 60.7 cm³/mol. The number of carbonyl (C=O) groups is 1. The van der Waals surface area contributed by atoms with Crippen molar-refractivity contribution in [2.75, 3.05) is 0 Å². The molecular weight excluding hydrogens is 205 g/mol. The maximum Gasteiger partial charge on any atom is 0.257 e. The van der Waals surface area contributed by atoms with Gasteiger partial charge in [-0.15, -0.1) is 0 Å². The van der Waals surface area contributed by atoms with Gasteiger partial charge in [0, 0.05) is 12.1 Å². The Bertz CT molecular complexity index is 397. The Morgan fingerprint density at radius 2 is 2.00 bits per heavy atom. The van der Waals surface area contributed by atoms with Gasteiger partial charge < -0.3 is 4.90 Å². The fraction of sp³-hybridized carbons (Fsp3) is 0.462. The molecule has 0 radical (unpaired) electrons. The van der Waals surface area contributed by atoms with Crippen molar-refractivity contribution in [1.82, 2.24) is 4.90 Å². The maximum absolute atomic E-state index is 13.5.